The number of rotatable bonds is 8. The molecule has 1 atom stereocenters. The number of hydrogen-bond acceptors (Lipinski definition) is 6. The number of hydrazine groups is 1. The van der Waals surface area contributed by atoms with Gasteiger partial charge in [0.15, 0.2) is 12.7 Å². The predicted octanol–water partition coefficient (Wildman–Crippen LogP) is 3.26. The summed E-state index contributed by atoms with van der Waals surface area (Å²) in [5.41, 5.74) is 6.51. The third kappa shape index (κ3) is 6.30. The molecule has 0 radical (unpaired) electrons. The molecule has 0 fully saturated rings. The zero-order valence-corrected chi connectivity index (χ0v) is 17.2. The second kappa shape index (κ2) is 10.6. The maximum Gasteiger partial charge on any atom is 0.279 e. The number of ether oxygens (including phenoxy) is 2. The van der Waals surface area contributed by atoms with E-state index >= 15 is 0 Å². The molecule has 3 aromatic rings. The standard InChI is InChI=1S/C23H21N3O6/c1-16(32-21-11-7-18(8-12-21)17-5-3-2-4-6-17)23(28)25-24-22(27)15-31-20-13-9-19(10-14-20)26(29)30/h2-14,16H,15H2,1H3,(H,24,27)(H,25,28). The number of carbonyl (C=O) groups is 2. The molecule has 164 valence electrons. The highest BCUT2D eigenvalue weighted by Gasteiger charge is 2.16. The first kappa shape index (κ1) is 22.3. The Labute approximate surface area is 184 Å². The van der Waals surface area contributed by atoms with Crippen LogP contribution in [-0.2, 0) is 9.59 Å². The maximum absolute atomic E-state index is 12.2. The van der Waals surface area contributed by atoms with Gasteiger partial charge < -0.3 is 9.47 Å². The quantitative estimate of drug-likeness (QED) is 0.414. The van der Waals surface area contributed by atoms with Crippen LogP contribution in [0.4, 0.5) is 5.69 Å². The molecule has 1 unspecified atom stereocenters. The summed E-state index contributed by atoms with van der Waals surface area (Å²) in [7, 11) is 0. The Kier molecular flexibility index (Phi) is 7.37. The lowest BCUT2D eigenvalue weighted by Crippen LogP contribution is -2.48. The lowest BCUT2D eigenvalue weighted by molar-refractivity contribution is -0.384. The third-order valence-corrected chi connectivity index (χ3v) is 4.39. The van der Waals surface area contributed by atoms with Crippen LogP contribution in [0, 0.1) is 10.1 Å². The summed E-state index contributed by atoms with van der Waals surface area (Å²) < 4.78 is 10.8. The van der Waals surface area contributed by atoms with E-state index in [-0.39, 0.29) is 18.0 Å². The number of nitrogens with zero attached hydrogens (tertiary/aromatic N) is 1. The number of hydrogen-bond donors (Lipinski definition) is 2. The summed E-state index contributed by atoms with van der Waals surface area (Å²) in [4.78, 5) is 34.1. The molecule has 0 aliphatic heterocycles. The van der Waals surface area contributed by atoms with E-state index in [9.17, 15) is 19.7 Å². The van der Waals surface area contributed by atoms with Crippen LogP contribution >= 0.6 is 0 Å². The smallest absolute Gasteiger partial charge is 0.279 e. The molecule has 0 aliphatic rings. The van der Waals surface area contributed by atoms with Crippen molar-refractivity contribution < 1.29 is 24.0 Å². The summed E-state index contributed by atoms with van der Waals surface area (Å²) in [5.74, 6) is -0.343. The van der Waals surface area contributed by atoms with E-state index in [0.717, 1.165) is 11.1 Å². The van der Waals surface area contributed by atoms with Gasteiger partial charge in [-0.15, -0.1) is 0 Å². The highest BCUT2D eigenvalue weighted by molar-refractivity contribution is 5.85. The normalized spacial score (nSPS) is 11.2. The Bertz CT molecular complexity index is 1070. The monoisotopic (exact) mass is 435 g/mol. The lowest BCUT2D eigenvalue weighted by Gasteiger charge is -2.15. The van der Waals surface area contributed by atoms with Gasteiger partial charge in [0.1, 0.15) is 11.5 Å². The van der Waals surface area contributed by atoms with E-state index in [1.807, 2.05) is 42.5 Å². The fourth-order valence-corrected chi connectivity index (χ4v) is 2.70. The van der Waals surface area contributed by atoms with Crippen molar-refractivity contribution in [1.82, 2.24) is 10.9 Å². The van der Waals surface area contributed by atoms with Gasteiger partial charge in [0.2, 0.25) is 0 Å². The minimum Gasteiger partial charge on any atom is -0.484 e. The predicted molar refractivity (Wildman–Crippen MR) is 117 cm³/mol. The minimum absolute atomic E-state index is 0.0854. The second-order valence-electron chi connectivity index (χ2n) is 6.73. The number of nitro benzene ring substituents is 1. The van der Waals surface area contributed by atoms with Gasteiger partial charge in [0, 0.05) is 12.1 Å². The van der Waals surface area contributed by atoms with Crippen molar-refractivity contribution in [1.29, 1.82) is 0 Å². The Hall–Kier alpha value is -4.40. The zero-order valence-electron chi connectivity index (χ0n) is 17.2. The van der Waals surface area contributed by atoms with E-state index in [4.69, 9.17) is 9.47 Å². The van der Waals surface area contributed by atoms with Crippen molar-refractivity contribution in [3.05, 3.63) is 89.0 Å². The SMILES string of the molecule is CC(Oc1ccc(-c2ccccc2)cc1)C(=O)NNC(=O)COc1ccc([N+](=O)[O-])cc1. The van der Waals surface area contributed by atoms with Crippen LogP contribution in [0.2, 0.25) is 0 Å². The molecule has 0 saturated heterocycles. The molecule has 9 nitrogen and oxygen atoms in total. The number of benzene rings is 3. The average molecular weight is 435 g/mol. The van der Waals surface area contributed by atoms with Gasteiger partial charge in [-0.3, -0.25) is 30.6 Å². The van der Waals surface area contributed by atoms with Gasteiger partial charge in [0.05, 0.1) is 4.92 Å². The molecular weight excluding hydrogens is 414 g/mol. The summed E-state index contributed by atoms with van der Waals surface area (Å²) in [5, 5.41) is 10.6. The van der Waals surface area contributed by atoms with Crippen LogP contribution < -0.4 is 20.3 Å². The van der Waals surface area contributed by atoms with Gasteiger partial charge in [-0.05, 0) is 42.3 Å². The molecule has 32 heavy (non-hydrogen) atoms. The van der Waals surface area contributed by atoms with Gasteiger partial charge in [-0.1, -0.05) is 42.5 Å². The maximum atomic E-state index is 12.2. The van der Waals surface area contributed by atoms with E-state index in [1.54, 1.807) is 19.1 Å². The molecule has 0 heterocycles. The first-order chi connectivity index (χ1) is 15.4. The highest BCUT2D eigenvalue weighted by atomic mass is 16.6. The van der Waals surface area contributed by atoms with Crippen LogP contribution in [0.3, 0.4) is 0 Å². The zero-order chi connectivity index (χ0) is 22.9. The Morgan fingerprint density at radius 1 is 0.875 bits per heavy atom. The van der Waals surface area contributed by atoms with Crippen LogP contribution in [0.25, 0.3) is 11.1 Å². The van der Waals surface area contributed by atoms with E-state index in [1.165, 1.54) is 24.3 Å². The fraction of sp³-hybridized carbons (Fsp3) is 0.130. The summed E-state index contributed by atoms with van der Waals surface area (Å²) in [6.45, 7) is 1.17. The molecule has 0 aromatic heterocycles. The van der Waals surface area contributed by atoms with Gasteiger partial charge in [-0.25, -0.2) is 0 Å². The molecular formula is C23H21N3O6. The van der Waals surface area contributed by atoms with Gasteiger partial charge in [-0.2, -0.15) is 0 Å². The Morgan fingerprint density at radius 3 is 2.09 bits per heavy atom. The van der Waals surface area contributed by atoms with Crippen LogP contribution in [-0.4, -0.2) is 29.4 Å². The molecule has 0 aliphatic carbocycles. The van der Waals surface area contributed by atoms with Crippen molar-refractivity contribution in [3.8, 4) is 22.6 Å². The summed E-state index contributed by atoms with van der Waals surface area (Å²) in [6.07, 6.45) is -0.853. The van der Waals surface area contributed by atoms with Crippen LogP contribution in [0.1, 0.15) is 6.92 Å². The Balaban J connectivity index is 1.42. The molecule has 2 amide bonds. The topological polar surface area (TPSA) is 120 Å². The summed E-state index contributed by atoms with van der Waals surface area (Å²) in [6, 6.07) is 22.5. The van der Waals surface area contributed by atoms with Crippen molar-refractivity contribution >= 4 is 17.5 Å². The molecule has 3 aromatic carbocycles. The number of carbonyl (C=O) groups excluding carboxylic acids is 2. The number of non-ortho nitro benzene ring substituents is 1. The Morgan fingerprint density at radius 2 is 1.47 bits per heavy atom. The van der Waals surface area contributed by atoms with Crippen LogP contribution in [0.15, 0.2) is 78.9 Å². The van der Waals surface area contributed by atoms with Crippen molar-refractivity contribution in [2.75, 3.05) is 6.61 Å². The highest BCUT2D eigenvalue weighted by Crippen LogP contribution is 2.22. The first-order valence-electron chi connectivity index (χ1n) is 9.70. The lowest BCUT2D eigenvalue weighted by atomic mass is 10.1. The molecule has 9 heteroatoms. The van der Waals surface area contributed by atoms with Crippen molar-refractivity contribution in [2.24, 2.45) is 0 Å². The molecule has 0 bridgehead atoms. The number of amides is 2. The minimum atomic E-state index is -0.853. The van der Waals surface area contributed by atoms with E-state index in [0.29, 0.717) is 5.75 Å². The number of nitrogens with one attached hydrogen (secondary N) is 2. The molecule has 0 spiro atoms. The van der Waals surface area contributed by atoms with Gasteiger partial charge in [0.25, 0.3) is 17.5 Å². The van der Waals surface area contributed by atoms with Gasteiger partial charge >= 0.3 is 0 Å². The molecule has 0 saturated carbocycles. The second-order valence-corrected chi connectivity index (χ2v) is 6.73. The van der Waals surface area contributed by atoms with Crippen LogP contribution in [0.5, 0.6) is 11.5 Å². The fourth-order valence-electron chi connectivity index (χ4n) is 2.70. The van der Waals surface area contributed by atoms with Crippen molar-refractivity contribution in [3.63, 3.8) is 0 Å². The van der Waals surface area contributed by atoms with E-state index in [2.05, 4.69) is 10.9 Å². The van der Waals surface area contributed by atoms with E-state index < -0.39 is 22.8 Å². The number of nitro groups is 1. The largest absolute Gasteiger partial charge is 0.484 e. The molecule has 3 rings (SSSR count). The van der Waals surface area contributed by atoms with Crippen molar-refractivity contribution in [2.45, 2.75) is 13.0 Å². The third-order valence-electron chi connectivity index (χ3n) is 4.39. The average Bonchev–Trinajstić information content (AvgIpc) is 2.82. The first-order valence-corrected chi connectivity index (χ1v) is 9.70. The summed E-state index contributed by atoms with van der Waals surface area (Å²) >= 11 is 0. The molecule has 2 N–H and O–H groups in total.